The highest BCUT2D eigenvalue weighted by Gasteiger charge is 2.45. The maximum atomic E-state index is 13.9. The van der Waals surface area contributed by atoms with Crippen LogP contribution in [0.2, 0.25) is 0 Å². The second-order valence-electron chi connectivity index (χ2n) is 10.7. The number of carbonyl (C=O) groups excluding carboxylic acids is 2. The molecule has 0 bridgehead atoms. The molecule has 2 aliphatic heterocycles. The molecule has 5 heterocycles. The molecule has 3 aromatic heterocycles. The van der Waals surface area contributed by atoms with E-state index in [2.05, 4.69) is 15.5 Å². The van der Waals surface area contributed by atoms with Crippen molar-refractivity contribution in [1.29, 1.82) is 0 Å². The number of aromatic nitrogens is 3. The molecule has 0 aliphatic carbocycles. The lowest BCUT2D eigenvalue weighted by atomic mass is 9.95. The minimum absolute atomic E-state index is 0.0135. The number of amides is 2. The number of halogens is 3. The number of hydrogen-bond donors (Lipinski definition) is 1. The summed E-state index contributed by atoms with van der Waals surface area (Å²) in [5.74, 6) is -2.11. The van der Waals surface area contributed by atoms with Crippen molar-refractivity contribution in [1.82, 2.24) is 25.4 Å². The number of hydrogen-bond acceptors (Lipinski definition) is 8. The van der Waals surface area contributed by atoms with E-state index >= 15 is 0 Å². The molecule has 5 aromatic rings. The van der Waals surface area contributed by atoms with E-state index in [1.807, 2.05) is 0 Å². The number of aryl methyl sites for hydroxylation is 1. The Bertz CT molecular complexity index is 1960. The van der Waals surface area contributed by atoms with Gasteiger partial charge < -0.3 is 19.4 Å². The van der Waals surface area contributed by atoms with Crippen molar-refractivity contribution in [2.24, 2.45) is 0 Å². The van der Waals surface area contributed by atoms with Crippen LogP contribution in [0.3, 0.4) is 0 Å². The maximum absolute atomic E-state index is 13.9. The number of nitrogens with one attached hydrogen (secondary N) is 1. The highest BCUT2D eigenvalue weighted by Crippen LogP contribution is 2.49. The van der Waals surface area contributed by atoms with E-state index in [-0.39, 0.29) is 31.0 Å². The van der Waals surface area contributed by atoms with Crippen LogP contribution in [0.25, 0.3) is 21.9 Å². The third-order valence-electron chi connectivity index (χ3n) is 7.79. The quantitative estimate of drug-likeness (QED) is 0.212. The van der Waals surface area contributed by atoms with Gasteiger partial charge in [-0.2, -0.15) is 0 Å². The monoisotopic (exact) mass is 631 g/mol. The molecule has 1 fully saturated rings. The number of rotatable bonds is 8. The van der Waals surface area contributed by atoms with Gasteiger partial charge in [-0.15, -0.1) is 21.5 Å². The Morgan fingerprint density at radius 1 is 1.04 bits per heavy atom. The van der Waals surface area contributed by atoms with E-state index in [4.69, 9.17) is 14.1 Å². The van der Waals surface area contributed by atoms with Crippen molar-refractivity contribution in [2.75, 3.05) is 6.54 Å². The number of benzene rings is 2. The first-order chi connectivity index (χ1) is 21.8. The van der Waals surface area contributed by atoms with Crippen molar-refractivity contribution in [3.8, 4) is 27.6 Å². The van der Waals surface area contributed by atoms with Crippen molar-refractivity contribution in [3.63, 3.8) is 0 Å². The highest BCUT2D eigenvalue weighted by molar-refractivity contribution is 7.17. The second-order valence-corrected chi connectivity index (χ2v) is 11.8. The van der Waals surface area contributed by atoms with Gasteiger partial charge in [-0.3, -0.25) is 14.6 Å². The van der Waals surface area contributed by atoms with Crippen LogP contribution in [0.15, 0.2) is 59.0 Å². The fraction of sp³-hybridized carbons (Fsp3) is 0.219. The number of thiophene rings is 1. The Morgan fingerprint density at radius 3 is 2.62 bits per heavy atom. The zero-order valence-electron chi connectivity index (χ0n) is 23.8. The normalized spacial score (nSPS) is 15.3. The van der Waals surface area contributed by atoms with Crippen LogP contribution >= 0.6 is 11.3 Å². The van der Waals surface area contributed by atoms with Crippen LogP contribution in [0.1, 0.15) is 61.8 Å². The molecular formula is C32H24F3N5O4S. The van der Waals surface area contributed by atoms with Gasteiger partial charge in [0.05, 0.1) is 33.4 Å². The van der Waals surface area contributed by atoms with E-state index in [0.717, 1.165) is 36.3 Å². The highest BCUT2D eigenvalue weighted by atomic mass is 32.1. The molecule has 0 radical (unpaired) electrons. The summed E-state index contributed by atoms with van der Waals surface area (Å²) in [6, 6.07) is 12.2. The van der Waals surface area contributed by atoms with E-state index < -0.39 is 23.4 Å². The summed E-state index contributed by atoms with van der Waals surface area (Å²) in [4.78, 5) is 34.7. The molecule has 9 nitrogen and oxygen atoms in total. The predicted molar refractivity (Wildman–Crippen MR) is 157 cm³/mol. The molecule has 1 saturated heterocycles. The fourth-order valence-corrected chi connectivity index (χ4v) is 6.70. The van der Waals surface area contributed by atoms with Gasteiger partial charge in [0.2, 0.25) is 11.8 Å². The SMILES string of the molecule is Cc1nnc(-c2c(COc3ccc(F)cc3)nc3c(c2-c2ccc(C(=O)NCc4ccc(F)c(F)c4)s2)C(=O)N2CCC[C@@H]32)o1. The number of ether oxygens (including phenoxy) is 1. The average molecular weight is 632 g/mol. The van der Waals surface area contributed by atoms with Crippen LogP contribution in [-0.2, 0) is 13.2 Å². The zero-order valence-corrected chi connectivity index (χ0v) is 24.6. The lowest BCUT2D eigenvalue weighted by molar-refractivity contribution is 0.0776. The van der Waals surface area contributed by atoms with Gasteiger partial charge in [0.15, 0.2) is 11.6 Å². The number of nitrogens with zero attached hydrogens (tertiary/aromatic N) is 4. The minimum Gasteiger partial charge on any atom is -0.487 e. The van der Waals surface area contributed by atoms with Crippen LogP contribution in [0.4, 0.5) is 13.2 Å². The van der Waals surface area contributed by atoms with Crippen LogP contribution in [-0.4, -0.2) is 38.4 Å². The molecule has 1 atom stereocenters. The first kappa shape index (κ1) is 28.7. The summed E-state index contributed by atoms with van der Waals surface area (Å²) in [6.07, 6.45) is 1.60. The van der Waals surface area contributed by atoms with Gasteiger partial charge in [-0.05, 0) is 66.9 Å². The molecule has 228 valence electrons. The summed E-state index contributed by atoms with van der Waals surface area (Å²) in [5, 5.41) is 11.0. The van der Waals surface area contributed by atoms with Gasteiger partial charge in [0.25, 0.3) is 11.8 Å². The van der Waals surface area contributed by atoms with Crippen LogP contribution < -0.4 is 10.1 Å². The Morgan fingerprint density at radius 2 is 1.87 bits per heavy atom. The average Bonchev–Trinajstić information content (AvgIpc) is 3.84. The second kappa shape index (κ2) is 11.5. The molecule has 2 amide bonds. The topological polar surface area (TPSA) is 110 Å². The first-order valence-electron chi connectivity index (χ1n) is 14.2. The summed E-state index contributed by atoms with van der Waals surface area (Å²) in [5.41, 5.74) is 2.77. The van der Waals surface area contributed by atoms with E-state index in [9.17, 15) is 22.8 Å². The van der Waals surface area contributed by atoms with E-state index in [0.29, 0.717) is 61.6 Å². The molecule has 7 rings (SSSR count). The molecular weight excluding hydrogens is 607 g/mol. The van der Waals surface area contributed by atoms with Crippen molar-refractivity contribution in [2.45, 2.75) is 39.0 Å². The number of fused-ring (bicyclic) bond motifs is 3. The lowest BCUT2D eigenvalue weighted by Gasteiger charge is -2.16. The molecule has 0 spiro atoms. The molecule has 2 aliphatic rings. The molecule has 0 unspecified atom stereocenters. The van der Waals surface area contributed by atoms with Gasteiger partial charge in [0, 0.05) is 30.5 Å². The first-order valence-corrected chi connectivity index (χ1v) is 15.0. The fourth-order valence-electron chi connectivity index (χ4n) is 5.72. The maximum Gasteiger partial charge on any atom is 0.261 e. The molecule has 0 saturated carbocycles. The third kappa shape index (κ3) is 5.33. The van der Waals surface area contributed by atoms with Crippen molar-refractivity contribution < 1.29 is 31.9 Å². The van der Waals surface area contributed by atoms with Gasteiger partial charge in [-0.1, -0.05) is 6.07 Å². The summed E-state index contributed by atoms with van der Waals surface area (Å²) >= 11 is 1.15. The molecule has 2 aromatic carbocycles. The molecule has 45 heavy (non-hydrogen) atoms. The Labute approximate surface area is 258 Å². The summed E-state index contributed by atoms with van der Waals surface area (Å²) < 4.78 is 52.4. The standard InChI is InChI=1S/C32H24F3N5O4S/c1-16-38-39-31(44-16)26-22(15-43-19-7-5-18(33)6-8-19)37-29-23-3-2-12-40(23)32(42)28(29)27(26)24-10-11-25(45-24)30(41)36-14-17-4-9-20(34)21(35)13-17/h4-11,13,23H,2-3,12,14-15H2,1H3,(H,36,41)/t23-/m0/s1. The van der Waals surface area contributed by atoms with Crippen molar-refractivity contribution in [3.05, 3.63) is 105 Å². The minimum atomic E-state index is -1.00. The van der Waals surface area contributed by atoms with Gasteiger partial charge in [0.1, 0.15) is 18.2 Å². The number of pyridine rings is 1. The van der Waals surface area contributed by atoms with E-state index in [1.165, 1.54) is 30.3 Å². The van der Waals surface area contributed by atoms with Crippen LogP contribution in [0.5, 0.6) is 5.75 Å². The smallest absolute Gasteiger partial charge is 0.261 e. The molecule has 1 N–H and O–H groups in total. The molecule has 13 heteroatoms. The predicted octanol–water partition coefficient (Wildman–Crippen LogP) is 6.39. The largest absolute Gasteiger partial charge is 0.487 e. The number of carbonyl (C=O) groups is 2. The Balaban J connectivity index is 1.31. The lowest BCUT2D eigenvalue weighted by Crippen LogP contribution is -2.23. The van der Waals surface area contributed by atoms with E-state index in [1.54, 1.807) is 24.0 Å². The van der Waals surface area contributed by atoms with Gasteiger partial charge in [-0.25, -0.2) is 13.2 Å². The Kier molecular flexibility index (Phi) is 7.32. The van der Waals surface area contributed by atoms with Crippen molar-refractivity contribution >= 4 is 23.2 Å². The Hall–Kier alpha value is -5.04. The van der Waals surface area contributed by atoms with Gasteiger partial charge >= 0.3 is 0 Å². The van der Waals surface area contributed by atoms with Crippen LogP contribution in [0, 0.1) is 24.4 Å². The summed E-state index contributed by atoms with van der Waals surface area (Å²) in [7, 11) is 0. The summed E-state index contributed by atoms with van der Waals surface area (Å²) in [6.45, 7) is 2.18. The zero-order chi connectivity index (χ0) is 31.2. The third-order valence-corrected chi connectivity index (χ3v) is 8.89.